The molecule has 0 aromatic heterocycles. The molecule has 6 aromatic carbocycles. The van der Waals surface area contributed by atoms with Gasteiger partial charge in [0, 0.05) is 17.4 Å². The molecule has 1 heteroatoms. The van der Waals surface area contributed by atoms with Gasteiger partial charge in [-0.3, -0.25) is 0 Å². The number of hydrogen-bond acceptors (Lipinski definition) is 0. The van der Waals surface area contributed by atoms with Crippen LogP contribution in [0.25, 0.3) is 44.5 Å². The van der Waals surface area contributed by atoms with Crippen LogP contribution in [-0.2, 0) is 17.4 Å². The van der Waals surface area contributed by atoms with Crippen LogP contribution in [-0.4, -0.2) is 0 Å². The maximum absolute atomic E-state index is 2.24. The first-order valence-electron chi connectivity index (χ1n) is 11.6. The van der Waals surface area contributed by atoms with E-state index in [9.17, 15) is 0 Å². The van der Waals surface area contributed by atoms with Crippen molar-refractivity contribution >= 4 is 0 Å². The molecular formula is C34H26Cr-6. The van der Waals surface area contributed by atoms with E-state index in [1.165, 1.54) is 44.5 Å². The van der Waals surface area contributed by atoms with E-state index in [2.05, 4.69) is 133 Å². The van der Waals surface area contributed by atoms with E-state index in [0.717, 1.165) is 0 Å². The third-order valence-corrected chi connectivity index (χ3v) is 5.94. The van der Waals surface area contributed by atoms with Gasteiger partial charge in [-0.05, 0) is 0 Å². The third-order valence-electron chi connectivity index (χ3n) is 5.94. The molecule has 0 nitrogen and oxygen atoms in total. The molecule has 35 heavy (non-hydrogen) atoms. The van der Waals surface area contributed by atoms with Gasteiger partial charge >= 0.3 is 0 Å². The Morgan fingerprint density at radius 1 is 0.429 bits per heavy atom. The van der Waals surface area contributed by atoms with Gasteiger partial charge in [0.25, 0.3) is 0 Å². The van der Waals surface area contributed by atoms with Crippen LogP contribution in [0.2, 0.25) is 0 Å². The van der Waals surface area contributed by atoms with Gasteiger partial charge < -0.3 is 47.0 Å². The van der Waals surface area contributed by atoms with E-state index in [-0.39, 0.29) is 17.4 Å². The first kappa shape index (κ1) is 24.2. The second kappa shape index (κ2) is 12.0. The molecule has 0 atom stereocenters. The van der Waals surface area contributed by atoms with Crippen LogP contribution in [0.5, 0.6) is 0 Å². The van der Waals surface area contributed by atoms with Crippen molar-refractivity contribution in [2.24, 2.45) is 0 Å². The van der Waals surface area contributed by atoms with Crippen LogP contribution in [0.15, 0.2) is 158 Å². The normalized spacial score (nSPS) is 10.1. The van der Waals surface area contributed by atoms with E-state index in [1.807, 2.05) is 24.3 Å². The molecule has 0 aliphatic rings. The van der Waals surface area contributed by atoms with Crippen molar-refractivity contribution in [2.75, 3.05) is 0 Å². The van der Waals surface area contributed by atoms with Crippen molar-refractivity contribution in [3.05, 3.63) is 158 Å². The summed E-state index contributed by atoms with van der Waals surface area (Å²) in [5.74, 6) is 0. The molecular weight excluding hydrogens is 460 g/mol. The molecule has 0 aliphatic heterocycles. The largest absolute Gasteiger partial charge is 0.641 e. The maximum Gasteiger partial charge on any atom is 0 e. The molecule has 174 valence electrons. The Hall–Kier alpha value is -3.89. The molecule has 6 rings (SSSR count). The smallest absolute Gasteiger partial charge is 0 e. The van der Waals surface area contributed by atoms with Gasteiger partial charge in [0.1, 0.15) is 0 Å². The maximum atomic E-state index is 2.24. The zero-order valence-electron chi connectivity index (χ0n) is 19.4. The summed E-state index contributed by atoms with van der Waals surface area (Å²) in [7, 11) is 0. The number of benzene rings is 4. The topological polar surface area (TPSA) is 0 Å². The van der Waals surface area contributed by atoms with Gasteiger partial charge in [-0.25, -0.2) is 0 Å². The average Bonchev–Trinajstić information content (AvgIpc) is 3.62. The van der Waals surface area contributed by atoms with E-state index >= 15 is 0 Å². The fraction of sp³-hybridized carbons (Fsp3) is 0. The number of hydrogen-bond donors (Lipinski definition) is 0. The summed E-state index contributed by atoms with van der Waals surface area (Å²) in [6, 6.07) is 55.1. The second-order valence-electron chi connectivity index (χ2n) is 8.24. The molecule has 0 N–H and O–H groups in total. The molecule has 0 spiro atoms. The molecule has 0 saturated carbocycles. The Morgan fingerprint density at radius 3 is 1.34 bits per heavy atom. The Labute approximate surface area is 219 Å². The molecule has 0 heterocycles. The van der Waals surface area contributed by atoms with Crippen LogP contribution in [0.3, 0.4) is 0 Å². The standard InChI is InChI=1S/2C17H13.Cr/c2*1-3-7-14(8-4-1)16-11-12-17(13-16)15-9-5-2-6-10-15;/h2*1-13H;/q-5;-1;. The van der Waals surface area contributed by atoms with Crippen LogP contribution in [0.4, 0.5) is 0 Å². The Balaban J connectivity index is 0.000000160. The minimum Gasteiger partial charge on any atom is -0.641 e. The monoisotopic (exact) mass is 486 g/mol. The predicted molar refractivity (Wildman–Crippen MR) is 146 cm³/mol. The predicted octanol–water partition coefficient (Wildman–Crippen LogP) is 9.48. The molecule has 0 aliphatic carbocycles. The van der Waals surface area contributed by atoms with Gasteiger partial charge in [0.2, 0.25) is 0 Å². The first-order valence-corrected chi connectivity index (χ1v) is 11.6. The second-order valence-corrected chi connectivity index (χ2v) is 8.24. The van der Waals surface area contributed by atoms with E-state index in [0.29, 0.717) is 0 Å². The van der Waals surface area contributed by atoms with Crippen molar-refractivity contribution < 1.29 is 17.4 Å². The van der Waals surface area contributed by atoms with Crippen molar-refractivity contribution in [1.82, 2.24) is 0 Å². The van der Waals surface area contributed by atoms with Crippen LogP contribution < -0.4 is 0 Å². The van der Waals surface area contributed by atoms with Gasteiger partial charge in [-0.2, -0.15) is 17.7 Å². The minimum atomic E-state index is 0. The first-order chi connectivity index (χ1) is 16.9. The van der Waals surface area contributed by atoms with Gasteiger partial charge in [-0.1, -0.05) is 90.0 Å². The van der Waals surface area contributed by atoms with Gasteiger partial charge in [0.05, 0.1) is 0 Å². The molecule has 0 unspecified atom stereocenters. The molecule has 0 amide bonds. The summed E-state index contributed by atoms with van der Waals surface area (Å²) in [6.07, 6.45) is 0. The van der Waals surface area contributed by atoms with E-state index in [4.69, 9.17) is 0 Å². The summed E-state index contributed by atoms with van der Waals surface area (Å²) in [6.45, 7) is 0. The summed E-state index contributed by atoms with van der Waals surface area (Å²) >= 11 is 0. The zero-order chi connectivity index (χ0) is 23.0. The summed E-state index contributed by atoms with van der Waals surface area (Å²) in [5.41, 5.74) is 10.2. The van der Waals surface area contributed by atoms with Gasteiger partial charge in [0.15, 0.2) is 0 Å². The van der Waals surface area contributed by atoms with Crippen molar-refractivity contribution in [3.63, 3.8) is 0 Å². The molecule has 0 bridgehead atoms. The molecule has 0 fully saturated rings. The summed E-state index contributed by atoms with van der Waals surface area (Å²) < 4.78 is 0. The van der Waals surface area contributed by atoms with Crippen LogP contribution >= 0.6 is 0 Å². The fourth-order valence-electron chi connectivity index (χ4n) is 4.13. The quantitative estimate of drug-likeness (QED) is 0.218. The van der Waals surface area contributed by atoms with Crippen molar-refractivity contribution in [2.45, 2.75) is 0 Å². The Morgan fingerprint density at radius 2 is 0.857 bits per heavy atom. The van der Waals surface area contributed by atoms with Gasteiger partial charge in [-0.15, -0.1) is 47.5 Å². The zero-order valence-corrected chi connectivity index (χ0v) is 20.7. The van der Waals surface area contributed by atoms with E-state index in [1.54, 1.807) is 0 Å². The number of rotatable bonds is 4. The Kier molecular flexibility index (Phi) is 8.31. The molecule has 0 saturated heterocycles. The fourth-order valence-corrected chi connectivity index (χ4v) is 4.13. The summed E-state index contributed by atoms with van der Waals surface area (Å²) in [4.78, 5) is 0. The Bertz CT molecular complexity index is 1190. The minimum absolute atomic E-state index is 0. The van der Waals surface area contributed by atoms with E-state index < -0.39 is 0 Å². The third kappa shape index (κ3) is 6.17. The summed E-state index contributed by atoms with van der Waals surface area (Å²) in [5, 5.41) is 0. The molecule has 0 radical (unpaired) electrons. The van der Waals surface area contributed by atoms with Crippen LogP contribution in [0, 0.1) is 0 Å². The average molecular weight is 487 g/mol. The molecule has 6 aromatic rings. The van der Waals surface area contributed by atoms with Crippen molar-refractivity contribution in [1.29, 1.82) is 0 Å². The van der Waals surface area contributed by atoms with Crippen LogP contribution in [0.1, 0.15) is 0 Å². The SMILES string of the molecule is [Cr].c1ccc(-[c-]2[cH-][cH-][c-](-c3ccccc3)[cH-]2)cc1.c1ccc(-c2cc[c-](-c3ccccc3)c2)cc1. The van der Waals surface area contributed by atoms with Crippen molar-refractivity contribution in [3.8, 4) is 44.5 Å².